The molecule has 0 radical (unpaired) electrons. The summed E-state index contributed by atoms with van der Waals surface area (Å²) >= 11 is 5.43. The van der Waals surface area contributed by atoms with Gasteiger partial charge in [-0.2, -0.15) is 0 Å². The third kappa shape index (κ3) is 2.03. The van der Waals surface area contributed by atoms with Gasteiger partial charge in [-0.3, -0.25) is 10.2 Å². The van der Waals surface area contributed by atoms with Crippen molar-refractivity contribution < 1.29 is 0 Å². The summed E-state index contributed by atoms with van der Waals surface area (Å²) < 4.78 is 0.640. The van der Waals surface area contributed by atoms with Gasteiger partial charge in [0.05, 0.1) is 5.39 Å². The third-order valence-electron chi connectivity index (χ3n) is 3.60. The van der Waals surface area contributed by atoms with Crippen molar-refractivity contribution in [1.82, 2.24) is 20.4 Å². The van der Waals surface area contributed by atoms with Crippen molar-refractivity contribution in [1.29, 1.82) is 0 Å². The summed E-state index contributed by atoms with van der Waals surface area (Å²) in [5, 5.41) is 15.5. The fourth-order valence-corrected chi connectivity index (χ4v) is 2.86. The first-order chi connectivity index (χ1) is 10.8. The van der Waals surface area contributed by atoms with E-state index in [2.05, 4.69) is 32.5 Å². The Hall–Kier alpha value is -2.79. The molecule has 0 atom stereocenters. The summed E-state index contributed by atoms with van der Waals surface area (Å²) in [6.07, 6.45) is 0. The highest BCUT2D eigenvalue weighted by Crippen LogP contribution is 2.35. The molecule has 4 aromatic rings. The predicted octanol–water partition coefficient (Wildman–Crippen LogP) is 4.35. The monoisotopic (exact) mass is 304 g/mol. The first-order valence-corrected chi connectivity index (χ1v) is 7.33. The molecule has 0 saturated heterocycles. The maximum absolute atomic E-state index is 5.43. The number of aromatic nitrogens is 4. The van der Waals surface area contributed by atoms with E-state index in [-0.39, 0.29) is 0 Å². The van der Waals surface area contributed by atoms with Crippen LogP contribution in [0.1, 0.15) is 0 Å². The highest BCUT2D eigenvalue weighted by molar-refractivity contribution is 7.71. The average molecular weight is 304 g/mol. The normalized spacial score (nSPS) is 10.9. The summed E-state index contributed by atoms with van der Waals surface area (Å²) in [5.41, 5.74) is 4.59. The summed E-state index contributed by atoms with van der Waals surface area (Å²) in [5.74, 6) is 0. The molecule has 2 aromatic carbocycles. The zero-order chi connectivity index (χ0) is 14.9. The molecule has 5 heteroatoms. The lowest BCUT2D eigenvalue weighted by atomic mass is 9.98. The van der Waals surface area contributed by atoms with E-state index < -0.39 is 0 Å². The molecule has 0 saturated carbocycles. The Bertz CT molecular complexity index is 988. The third-order valence-corrected chi connectivity index (χ3v) is 3.91. The minimum atomic E-state index is 0.640. The standard InChI is InChI=1S/C17H12N4S/c22-17-14-13(11-7-3-1-4-8-11)15(12-9-5-2-6-10-12)18-19-16(14)20-21-17/h1-10H,(H2,19,20,21,22). The van der Waals surface area contributed by atoms with Crippen LogP contribution in [0.25, 0.3) is 33.4 Å². The highest BCUT2D eigenvalue weighted by Gasteiger charge is 2.16. The molecular weight excluding hydrogens is 292 g/mol. The molecule has 0 fully saturated rings. The number of aromatic amines is 2. The van der Waals surface area contributed by atoms with Gasteiger partial charge in [-0.25, -0.2) is 0 Å². The zero-order valence-electron chi connectivity index (χ0n) is 11.6. The SMILES string of the molecule is S=c1[nH][nH]c2nnc(-c3ccccc3)c(-c3ccccc3)c12. The molecule has 0 aliphatic heterocycles. The molecule has 4 rings (SSSR count). The molecule has 0 aliphatic rings. The van der Waals surface area contributed by atoms with E-state index in [0.29, 0.717) is 10.3 Å². The molecule has 2 heterocycles. The fraction of sp³-hybridized carbons (Fsp3) is 0. The second-order valence-electron chi connectivity index (χ2n) is 4.96. The van der Waals surface area contributed by atoms with Crippen molar-refractivity contribution in [2.24, 2.45) is 0 Å². The van der Waals surface area contributed by atoms with Crippen LogP contribution in [0.3, 0.4) is 0 Å². The van der Waals surface area contributed by atoms with Gasteiger partial charge < -0.3 is 0 Å². The number of H-pyrrole nitrogens is 2. The highest BCUT2D eigenvalue weighted by atomic mass is 32.1. The second-order valence-corrected chi connectivity index (χ2v) is 5.37. The van der Waals surface area contributed by atoms with Crippen molar-refractivity contribution in [2.75, 3.05) is 0 Å². The van der Waals surface area contributed by atoms with E-state index in [4.69, 9.17) is 12.2 Å². The fourth-order valence-electron chi connectivity index (χ4n) is 2.61. The maximum Gasteiger partial charge on any atom is 0.178 e. The van der Waals surface area contributed by atoms with Gasteiger partial charge in [0.25, 0.3) is 0 Å². The van der Waals surface area contributed by atoms with Gasteiger partial charge >= 0.3 is 0 Å². The molecule has 0 unspecified atom stereocenters. The van der Waals surface area contributed by atoms with Crippen molar-refractivity contribution in [3.05, 3.63) is 65.3 Å². The molecule has 0 amide bonds. The van der Waals surface area contributed by atoms with Crippen LogP contribution in [0.15, 0.2) is 60.7 Å². The Labute approximate surface area is 131 Å². The van der Waals surface area contributed by atoms with Gasteiger partial charge in [0.1, 0.15) is 10.3 Å². The molecule has 0 aliphatic carbocycles. The number of nitrogens with zero attached hydrogens (tertiary/aromatic N) is 2. The maximum atomic E-state index is 5.43. The number of hydrogen-bond donors (Lipinski definition) is 2. The number of hydrogen-bond acceptors (Lipinski definition) is 3. The molecular formula is C17H12N4S. The minimum absolute atomic E-state index is 0.640. The molecule has 2 aromatic heterocycles. The zero-order valence-corrected chi connectivity index (χ0v) is 12.4. The predicted molar refractivity (Wildman–Crippen MR) is 89.9 cm³/mol. The van der Waals surface area contributed by atoms with Gasteiger partial charge in [0, 0.05) is 11.1 Å². The van der Waals surface area contributed by atoms with Crippen LogP contribution in [-0.4, -0.2) is 20.4 Å². The van der Waals surface area contributed by atoms with E-state index in [1.165, 1.54) is 0 Å². The van der Waals surface area contributed by atoms with Crippen LogP contribution in [0.5, 0.6) is 0 Å². The Kier molecular flexibility index (Phi) is 3.05. The van der Waals surface area contributed by atoms with Crippen molar-refractivity contribution >= 4 is 23.3 Å². The van der Waals surface area contributed by atoms with E-state index in [1.54, 1.807) is 0 Å². The van der Waals surface area contributed by atoms with E-state index in [0.717, 1.165) is 27.8 Å². The van der Waals surface area contributed by atoms with Gasteiger partial charge in [-0.05, 0) is 5.56 Å². The lowest BCUT2D eigenvalue weighted by Crippen LogP contribution is -1.94. The smallest absolute Gasteiger partial charge is 0.178 e. The number of fused-ring (bicyclic) bond motifs is 1. The molecule has 4 nitrogen and oxygen atoms in total. The van der Waals surface area contributed by atoms with Crippen LogP contribution in [0, 0.1) is 4.64 Å². The van der Waals surface area contributed by atoms with Crippen molar-refractivity contribution in [3.63, 3.8) is 0 Å². The van der Waals surface area contributed by atoms with Crippen LogP contribution in [0.4, 0.5) is 0 Å². The van der Waals surface area contributed by atoms with E-state index in [9.17, 15) is 0 Å². The summed E-state index contributed by atoms with van der Waals surface area (Å²) in [7, 11) is 0. The van der Waals surface area contributed by atoms with Crippen LogP contribution in [-0.2, 0) is 0 Å². The largest absolute Gasteiger partial charge is 0.289 e. The Morgan fingerprint density at radius 1 is 0.727 bits per heavy atom. The van der Waals surface area contributed by atoms with Crippen LogP contribution < -0.4 is 0 Å². The van der Waals surface area contributed by atoms with Crippen LogP contribution in [0.2, 0.25) is 0 Å². The Morgan fingerprint density at radius 3 is 2.05 bits per heavy atom. The van der Waals surface area contributed by atoms with E-state index >= 15 is 0 Å². The lowest BCUT2D eigenvalue weighted by molar-refractivity contribution is 1.02. The topological polar surface area (TPSA) is 57.4 Å². The first-order valence-electron chi connectivity index (χ1n) is 6.92. The molecule has 0 bridgehead atoms. The number of benzene rings is 2. The first kappa shape index (κ1) is 12.9. The van der Waals surface area contributed by atoms with Crippen molar-refractivity contribution in [2.45, 2.75) is 0 Å². The van der Waals surface area contributed by atoms with Gasteiger partial charge in [-0.15, -0.1) is 10.2 Å². The number of nitrogens with one attached hydrogen (secondary N) is 2. The van der Waals surface area contributed by atoms with Gasteiger partial charge in [-0.1, -0.05) is 72.9 Å². The van der Waals surface area contributed by atoms with Gasteiger partial charge in [0.15, 0.2) is 5.65 Å². The van der Waals surface area contributed by atoms with Crippen molar-refractivity contribution in [3.8, 4) is 22.4 Å². The summed E-state index contributed by atoms with van der Waals surface area (Å²) in [6, 6.07) is 20.2. The Morgan fingerprint density at radius 2 is 1.36 bits per heavy atom. The molecule has 106 valence electrons. The lowest BCUT2D eigenvalue weighted by Gasteiger charge is -2.09. The number of rotatable bonds is 2. The summed E-state index contributed by atoms with van der Waals surface area (Å²) in [4.78, 5) is 0. The van der Waals surface area contributed by atoms with Crippen LogP contribution >= 0.6 is 12.2 Å². The summed E-state index contributed by atoms with van der Waals surface area (Å²) in [6.45, 7) is 0. The average Bonchev–Trinajstić information content (AvgIpc) is 2.97. The molecule has 0 spiro atoms. The quantitative estimate of drug-likeness (QED) is 0.541. The Balaban J connectivity index is 2.14. The molecule has 2 N–H and O–H groups in total. The second kappa shape index (κ2) is 5.20. The van der Waals surface area contributed by atoms with Gasteiger partial charge in [0.2, 0.25) is 0 Å². The molecule has 22 heavy (non-hydrogen) atoms. The minimum Gasteiger partial charge on any atom is -0.289 e. The van der Waals surface area contributed by atoms with E-state index in [1.807, 2.05) is 48.5 Å².